The molecule has 4 rings (SSSR count). The van der Waals surface area contributed by atoms with Gasteiger partial charge in [-0.15, -0.1) is 0 Å². The molecule has 0 spiro atoms. The third-order valence-corrected chi connectivity index (χ3v) is 6.58. The van der Waals surface area contributed by atoms with Gasteiger partial charge in [0, 0.05) is 24.4 Å². The Bertz CT molecular complexity index is 934. The van der Waals surface area contributed by atoms with Crippen molar-refractivity contribution in [3.8, 4) is 0 Å². The molecular weight excluding hydrogens is 386 g/mol. The molecule has 6 nitrogen and oxygen atoms in total. The van der Waals surface area contributed by atoms with Crippen molar-refractivity contribution in [3.63, 3.8) is 0 Å². The fourth-order valence-corrected chi connectivity index (χ4v) is 4.88. The summed E-state index contributed by atoms with van der Waals surface area (Å²) in [4.78, 5) is 29.3. The molecule has 1 amide bonds. The third-order valence-electron chi connectivity index (χ3n) is 5.56. The zero-order chi connectivity index (χ0) is 20.2. The lowest BCUT2D eigenvalue weighted by Crippen LogP contribution is -2.32. The van der Waals surface area contributed by atoms with Gasteiger partial charge >= 0.3 is 5.69 Å². The number of aromatic nitrogens is 2. The van der Waals surface area contributed by atoms with Crippen molar-refractivity contribution in [1.82, 2.24) is 14.9 Å². The molecule has 1 fully saturated rings. The number of hydrogen-bond donors (Lipinski definition) is 1. The van der Waals surface area contributed by atoms with Crippen LogP contribution < -0.4 is 11.0 Å². The maximum absolute atomic E-state index is 12.7. The lowest BCUT2D eigenvalue weighted by Gasteiger charge is -2.17. The zero-order valence-corrected chi connectivity index (χ0v) is 17.6. The Labute approximate surface area is 175 Å². The average Bonchev–Trinajstić information content (AvgIpc) is 3.40. The Morgan fingerprint density at radius 2 is 2.10 bits per heavy atom. The number of carbonyl (C=O) groups is 1. The van der Waals surface area contributed by atoms with Crippen molar-refractivity contribution in [3.05, 3.63) is 57.1 Å². The van der Waals surface area contributed by atoms with E-state index in [1.807, 2.05) is 31.2 Å². The van der Waals surface area contributed by atoms with Gasteiger partial charge in [-0.3, -0.25) is 9.36 Å². The number of carbonyl (C=O) groups excluding carboxylic acids is 1. The van der Waals surface area contributed by atoms with Crippen molar-refractivity contribution in [2.75, 3.05) is 12.4 Å². The van der Waals surface area contributed by atoms with Crippen LogP contribution >= 0.6 is 11.8 Å². The molecule has 29 heavy (non-hydrogen) atoms. The number of fused-ring (bicyclic) bond motifs is 1. The fourth-order valence-electron chi connectivity index (χ4n) is 3.98. The van der Waals surface area contributed by atoms with E-state index in [2.05, 4.69) is 10.3 Å². The van der Waals surface area contributed by atoms with Crippen molar-refractivity contribution in [2.24, 2.45) is 0 Å². The third kappa shape index (κ3) is 4.90. The minimum Gasteiger partial charge on any atom is -0.376 e. The molecule has 154 valence electrons. The molecule has 0 saturated carbocycles. The van der Waals surface area contributed by atoms with Gasteiger partial charge in [-0.05, 0) is 44.6 Å². The molecule has 0 bridgehead atoms. The van der Waals surface area contributed by atoms with Crippen molar-refractivity contribution >= 4 is 17.7 Å². The van der Waals surface area contributed by atoms with Gasteiger partial charge < -0.3 is 10.1 Å². The van der Waals surface area contributed by atoms with Crippen molar-refractivity contribution in [2.45, 2.75) is 63.2 Å². The second-order valence-corrected chi connectivity index (χ2v) is 8.74. The minimum atomic E-state index is -0.219. The summed E-state index contributed by atoms with van der Waals surface area (Å²) in [5.74, 6) is 0.216. The Hall–Kier alpha value is -2.12. The predicted molar refractivity (Wildman–Crippen MR) is 113 cm³/mol. The van der Waals surface area contributed by atoms with E-state index in [-0.39, 0.29) is 23.5 Å². The molecule has 0 radical (unpaired) electrons. The summed E-state index contributed by atoms with van der Waals surface area (Å²) in [6, 6.07) is 8.11. The highest BCUT2D eigenvalue weighted by Crippen LogP contribution is 2.29. The molecule has 0 unspecified atom stereocenters. The quantitative estimate of drug-likeness (QED) is 0.558. The number of thioether (sulfide) groups is 1. The van der Waals surface area contributed by atoms with Crippen LogP contribution in [-0.4, -0.2) is 33.9 Å². The number of benzene rings is 1. The van der Waals surface area contributed by atoms with Gasteiger partial charge in [0.2, 0.25) is 5.91 Å². The molecule has 1 aliphatic carbocycles. The number of amides is 1. The molecule has 1 atom stereocenters. The first-order valence-electron chi connectivity index (χ1n) is 10.3. The number of aryl methyl sites for hydroxylation is 1. The van der Waals surface area contributed by atoms with Gasteiger partial charge in [0.1, 0.15) is 5.03 Å². The molecule has 1 aromatic carbocycles. The maximum atomic E-state index is 12.7. The van der Waals surface area contributed by atoms with E-state index >= 15 is 0 Å². The first-order chi connectivity index (χ1) is 14.1. The monoisotopic (exact) mass is 413 g/mol. The van der Waals surface area contributed by atoms with Crippen LogP contribution in [0.2, 0.25) is 0 Å². The number of nitrogens with one attached hydrogen (secondary N) is 1. The Balaban J connectivity index is 1.39. The second kappa shape index (κ2) is 9.13. The van der Waals surface area contributed by atoms with Gasteiger partial charge in [-0.2, -0.15) is 4.98 Å². The first kappa shape index (κ1) is 20.2. The lowest BCUT2D eigenvalue weighted by atomic mass is 10.1. The summed E-state index contributed by atoms with van der Waals surface area (Å²) in [6.07, 6.45) is 5.01. The standard InChI is InChI=1S/C22H27N3O3S/c1-15-7-9-16(10-8-15)12-23-20(26)14-29-21-18-5-2-6-19(18)25(22(27)24-21)13-17-4-3-11-28-17/h7-10,17H,2-6,11-14H2,1H3,(H,23,26)/t17-/m1/s1. The number of ether oxygens (including phenoxy) is 1. The zero-order valence-electron chi connectivity index (χ0n) is 16.8. The number of nitrogens with zero attached hydrogens (tertiary/aromatic N) is 2. The highest BCUT2D eigenvalue weighted by atomic mass is 32.2. The van der Waals surface area contributed by atoms with Crippen LogP contribution in [0.5, 0.6) is 0 Å². The van der Waals surface area contributed by atoms with E-state index in [4.69, 9.17) is 4.74 Å². The van der Waals surface area contributed by atoms with E-state index in [0.717, 1.165) is 60.6 Å². The summed E-state index contributed by atoms with van der Waals surface area (Å²) in [7, 11) is 0. The highest BCUT2D eigenvalue weighted by molar-refractivity contribution is 7.99. The molecule has 1 aliphatic heterocycles. The van der Waals surface area contributed by atoms with Crippen LogP contribution in [-0.2, 0) is 35.5 Å². The summed E-state index contributed by atoms with van der Waals surface area (Å²) in [6.45, 7) is 3.92. The number of hydrogen-bond acceptors (Lipinski definition) is 5. The molecule has 2 heterocycles. The van der Waals surface area contributed by atoms with Crippen LogP contribution in [0.3, 0.4) is 0 Å². The smallest absolute Gasteiger partial charge is 0.348 e. The minimum absolute atomic E-state index is 0.0485. The SMILES string of the molecule is Cc1ccc(CNC(=O)CSc2nc(=O)n(C[C@H]3CCCO3)c3c2CCC3)cc1. The summed E-state index contributed by atoms with van der Waals surface area (Å²) < 4.78 is 7.51. The van der Waals surface area contributed by atoms with Gasteiger partial charge in [-0.25, -0.2) is 4.79 Å². The molecule has 2 aliphatic rings. The van der Waals surface area contributed by atoms with Crippen LogP contribution in [0, 0.1) is 6.92 Å². The largest absolute Gasteiger partial charge is 0.376 e. The van der Waals surface area contributed by atoms with Crippen LogP contribution in [0.4, 0.5) is 0 Å². The van der Waals surface area contributed by atoms with Crippen LogP contribution in [0.1, 0.15) is 41.6 Å². The highest BCUT2D eigenvalue weighted by Gasteiger charge is 2.25. The van der Waals surface area contributed by atoms with Crippen molar-refractivity contribution < 1.29 is 9.53 Å². The van der Waals surface area contributed by atoms with Gasteiger partial charge in [0.15, 0.2) is 0 Å². The summed E-state index contributed by atoms with van der Waals surface area (Å²) in [5, 5.41) is 3.66. The molecule has 2 aromatic rings. The summed E-state index contributed by atoms with van der Waals surface area (Å²) in [5.41, 5.74) is 4.28. The maximum Gasteiger partial charge on any atom is 0.348 e. The topological polar surface area (TPSA) is 73.2 Å². The van der Waals surface area contributed by atoms with E-state index in [1.54, 1.807) is 4.57 Å². The Morgan fingerprint density at radius 3 is 2.86 bits per heavy atom. The molecule has 7 heteroatoms. The first-order valence-corrected chi connectivity index (χ1v) is 11.3. The number of rotatable bonds is 7. The van der Waals surface area contributed by atoms with E-state index in [1.165, 1.54) is 17.3 Å². The van der Waals surface area contributed by atoms with E-state index in [9.17, 15) is 9.59 Å². The normalized spacial score (nSPS) is 18.0. The average molecular weight is 414 g/mol. The molecule has 1 N–H and O–H groups in total. The van der Waals surface area contributed by atoms with Crippen molar-refractivity contribution in [1.29, 1.82) is 0 Å². The van der Waals surface area contributed by atoms with Gasteiger partial charge in [-0.1, -0.05) is 41.6 Å². The van der Waals surface area contributed by atoms with Crippen LogP contribution in [0.25, 0.3) is 0 Å². The second-order valence-electron chi connectivity index (χ2n) is 7.77. The molecule has 1 saturated heterocycles. The Kier molecular flexibility index (Phi) is 6.35. The molecule has 1 aromatic heterocycles. The van der Waals surface area contributed by atoms with E-state index in [0.29, 0.717) is 13.1 Å². The van der Waals surface area contributed by atoms with Crippen LogP contribution in [0.15, 0.2) is 34.1 Å². The fraction of sp³-hybridized carbons (Fsp3) is 0.500. The van der Waals surface area contributed by atoms with Gasteiger partial charge in [0.25, 0.3) is 0 Å². The Morgan fingerprint density at radius 1 is 1.28 bits per heavy atom. The predicted octanol–water partition coefficient (Wildman–Crippen LogP) is 2.63. The molecular formula is C22H27N3O3S. The van der Waals surface area contributed by atoms with E-state index < -0.39 is 0 Å². The summed E-state index contributed by atoms with van der Waals surface area (Å²) >= 11 is 1.37. The lowest BCUT2D eigenvalue weighted by molar-refractivity contribution is -0.118. The van der Waals surface area contributed by atoms with Gasteiger partial charge in [0.05, 0.1) is 18.4 Å².